The lowest BCUT2D eigenvalue weighted by Gasteiger charge is -2.36. The summed E-state index contributed by atoms with van der Waals surface area (Å²) < 4.78 is 0. The predicted molar refractivity (Wildman–Crippen MR) is 112 cm³/mol. The summed E-state index contributed by atoms with van der Waals surface area (Å²) >= 11 is 0. The van der Waals surface area contributed by atoms with E-state index in [0.717, 1.165) is 57.8 Å². The Bertz CT molecular complexity index is 505. The molecule has 3 amide bonds. The van der Waals surface area contributed by atoms with Crippen LogP contribution >= 0.6 is 0 Å². The van der Waals surface area contributed by atoms with Crippen molar-refractivity contribution in [1.29, 1.82) is 0 Å². The van der Waals surface area contributed by atoms with Gasteiger partial charge in [-0.25, -0.2) is 4.79 Å². The maximum absolute atomic E-state index is 12.5. The smallest absolute Gasteiger partial charge is 0.317 e. The third-order valence-electron chi connectivity index (χ3n) is 7.09. The van der Waals surface area contributed by atoms with Gasteiger partial charge in [0.2, 0.25) is 5.91 Å². The van der Waals surface area contributed by atoms with Crippen molar-refractivity contribution in [2.75, 3.05) is 32.7 Å². The summed E-state index contributed by atoms with van der Waals surface area (Å²) in [5.74, 6) is 1.29. The molecule has 6 nitrogen and oxygen atoms in total. The highest BCUT2D eigenvalue weighted by molar-refractivity contribution is 5.79. The first-order valence-electron chi connectivity index (χ1n) is 11.6. The van der Waals surface area contributed by atoms with Crippen molar-refractivity contribution in [2.24, 2.45) is 11.8 Å². The molecule has 0 bridgehead atoms. The van der Waals surface area contributed by atoms with Gasteiger partial charge in [-0.15, -0.1) is 0 Å². The minimum Gasteiger partial charge on any atom is -0.353 e. The normalized spacial score (nSPS) is 24.7. The van der Waals surface area contributed by atoms with Crippen molar-refractivity contribution < 1.29 is 9.59 Å². The van der Waals surface area contributed by atoms with Crippen LogP contribution in [-0.4, -0.2) is 66.5 Å². The highest BCUT2D eigenvalue weighted by atomic mass is 16.2. The SMILES string of the molecule is CC1CCN(C(C)CNC(=O)N2CCC(NC(=O)C3CCCCC3)CC2)CC1. The fourth-order valence-electron chi connectivity index (χ4n) is 4.86. The van der Waals surface area contributed by atoms with Crippen LogP contribution < -0.4 is 10.6 Å². The van der Waals surface area contributed by atoms with Gasteiger partial charge in [-0.1, -0.05) is 26.2 Å². The van der Waals surface area contributed by atoms with Crippen LogP contribution in [0.2, 0.25) is 0 Å². The number of rotatable bonds is 5. The van der Waals surface area contributed by atoms with Gasteiger partial charge in [0.25, 0.3) is 0 Å². The first kappa shape index (κ1) is 21.4. The van der Waals surface area contributed by atoms with Gasteiger partial charge in [0, 0.05) is 37.6 Å². The zero-order valence-electron chi connectivity index (χ0n) is 17.9. The standard InChI is InChI=1S/C22H40N4O2/c1-17-8-12-25(13-9-17)18(2)16-23-22(28)26-14-10-20(11-15-26)24-21(27)19-6-4-3-5-7-19/h17-20H,3-16H2,1-2H3,(H,23,28)(H,24,27). The van der Waals surface area contributed by atoms with Crippen molar-refractivity contribution in [3.05, 3.63) is 0 Å². The van der Waals surface area contributed by atoms with E-state index < -0.39 is 0 Å². The molecule has 3 fully saturated rings. The molecule has 3 rings (SSSR count). The van der Waals surface area contributed by atoms with Crippen LogP contribution in [0.25, 0.3) is 0 Å². The second-order valence-electron chi connectivity index (χ2n) is 9.36. The van der Waals surface area contributed by atoms with Crippen LogP contribution in [0.3, 0.4) is 0 Å². The van der Waals surface area contributed by atoms with Crippen LogP contribution in [0, 0.1) is 11.8 Å². The molecule has 1 aliphatic carbocycles. The van der Waals surface area contributed by atoms with E-state index in [4.69, 9.17) is 0 Å². The molecule has 1 saturated carbocycles. The molecular weight excluding hydrogens is 352 g/mol. The zero-order valence-corrected chi connectivity index (χ0v) is 17.9. The number of piperidine rings is 2. The van der Waals surface area contributed by atoms with Gasteiger partial charge in [0.1, 0.15) is 0 Å². The maximum atomic E-state index is 12.5. The molecule has 2 saturated heterocycles. The van der Waals surface area contributed by atoms with E-state index in [1.807, 2.05) is 4.90 Å². The third-order valence-corrected chi connectivity index (χ3v) is 7.09. The molecule has 0 radical (unpaired) electrons. The molecule has 2 aliphatic heterocycles. The van der Waals surface area contributed by atoms with E-state index in [9.17, 15) is 9.59 Å². The summed E-state index contributed by atoms with van der Waals surface area (Å²) in [6.07, 6.45) is 9.99. The average molecular weight is 393 g/mol. The zero-order chi connectivity index (χ0) is 19.9. The first-order valence-corrected chi connectivity index (χ1v) is 11.6. The Hall–Kier alpha value is -1.30. The highest BCUT2D eigenvalue weighted by Gasteiger charge is 2.28. The molecule has 28 heavy (non-hydrogen) atoms. The molecule has 0 aromatic heterocycles. The lowest BCUT2D eigenvalue weighted by molar-refractivity contribution is -0.126. The second-order valence-corrected chi connectivity index (χ2v) is 9.36. The van der Waals surface area contributed by atoms with Crippen molar-refractivity contribution in [1.82, 2.24) is 20.4 Å². The Morgan fingerprint density at radius 3 is 2.21 bits per heavy atom. The van der Waals surface area contributed by atoms with E-state index in [-0.39, 0.29) is 23.9 Å². The monoisotopic (exact) mass is 392 g/mol. The highest BCUT2D eigenvalue weighted by Crippen LogP contribution is 2.24. The van der Waals surface area contributed by atoms with Crippen LogP contribution in [0.4, 0.5) is 4.79 Å². The van der Waals surface area contributed by atoms with Crippen molar-refractivity contribution >= 4 is 11.9 Å². The number of nitrogens with one attached hydrogen (secondary N) is 2. The molecular formula is C22H40N4O2. The Morgan fingerprint density at radius 2 is 1.57 bits per heavy atom. The summed E-state index contributed by atoms with van der Waals surface area (Å²) in [5.41, 5.74) is 0. The number of hydrogen-bond donors (Lipinski definition) is 2. The maximum Gasteiger partial charge on any atom is 0.317 e. The fraction of sp³-hybridized carbons (Fsp3) is 0.909. The van der Waals surface area contributed by atoms with Gasteiger partial charge >= 0.3 is 6.03 Å². The topological polar surface area (TPSA) is 64.7 Å². The Morgan fingerprint density at radius 1 is 0.929 bits per heavy atom. The number of carbonyl (C=O) groups is 2. The number of nitrogens with zero attached hydrogens (tertiary/aromatic N) is 2. The molecule has 0 spiro atoms. The lowest BCUT2D eigenvalue weighted by atomic mass is 9.88. The Kier molecular flexibility index (Phi) is 8.00. The summed E-state index contributed by atoms with van der Waals surface area (Å²) in [6.45, 7) is 9.00. The van der Waals surface area contributed by atoms with Crippen molar-refractivity contribution in [2.45, 2.75) is 83.7 Å². The summed E-state index contributed by atoms with van der Waals surface area (Å²) in [7, 11) is 0. The lowest BCUT2D eigenvalue weighted by Crippen LogP contribution is -2.52. The largest absolute Gasteiger partial charge is 0.353 e. The van der Waals surface area contributed by atoms with E-state index in [1.165, 1.54) is 32.1 Å². The Labute approximate surface area is 170 Å². The minimum atomic E-state index is 0.0503. The molecule has 0 aromatic rings. The van der Waals surface area contributed by atoms with E-state index in [0.29, 0.717) is 12.6 Å². The second kappa shape index (κ2) is 10.5. The molecule has 160 valence electrons. The van der Waals surface area contributed by atoms with Gasteiger partial charge in [-0.3, -0.25) is 9.69 Å². The van der Waals surface area contributed by atoms with Gasteiger partial charge in [0.05, 0.1) is 0 Å². The van der Waals surface area contributed by atoms with Gasteiger partial charge in [0.15, 0.2) is 0 Å². The predicted octanol–water partition coefficient (Wildman–Crippen LogP) is 2.98. The number of likely N-dealkylation sites (tertiary alicyclic amines) is 2. The summed E-state index contributed by atoms with van der Waals surface area (Å²) in [5, 5.41) is 6.37. The van der Waals surface area contributed by atoms with Crippen LogP contribution in [0.15, 0.2) is 0 Å². The number of carbonyl (C=O) groups excluding carboxylic acids is 2. The van der Waals surface area contributed by atoms with E-state index >= 15 is 0 Å². The van der Waals surface area contributed by atoms with Crippen molar-refractivity contribution in [3.8, 4) is 0 Å². The van der Waals surface area contributed by atoms with E-state index in [2.05, 4.69) is 29.4 Å². The number of hydrogen-bond acceptors (Lipinski definition) is 3. The quantitative estimate of drug-likeness (QED) is 0.756. The Balaban J connectivity index is 1.32. The molecule has 1 atom stereocenters. The summed E-state index contributed by atoms with van der Waals surface area (Å²) in [4.78, 5) is 29.3. The molecule has 0 aromatic carbocycles. The fourth-order valence-corrected chi connectivity index (χ4v) is 4.86. The molecule has 1 unspecified atom stereocenters. The molecule has 2 N–H and O–H groups in total. The third kappa shape index (κ3) is 6.10. The number of urea groups is 1. The van der Waals surface area contributed by atoms with Gasteiger partial charge in [-0.05, 0) is 64.5 Å². The van der Waals surface area contributed by atoms with Crippen molar-refractivity contribution in [3.63, 3.8) is 0 Å². The number of amides is 3. The molecule has 2 heterocycles. The van der Waals surface area contributed by atoms with Crippen LogP contribution in [0.5, 0.6) is 0 Å². The summed E-state index contributed by atoms with van der Waals surface area (Å²) in [6, 6.07) is 0.672. The van der Waals surface area contributed by atoms with Crippen LogP contribution in [0.1, 0.15) is 71.6 Å². The van der Waals surface area contributed by atoms with Gasteiger partial charge < -0.3 is 15.5 Å². The average Bonchev–Trinajstić information content (AvgIpc) is 2.73. The minimum absolute atomic E-state index is 0.0503. The van der Waals surface area contributed by atoms with Crippen LogP contribution in [-0.2, 0) is 4.79 Å². The van der Waals surface area contributed by atoms with Gasteiger partial charge in [-0.2, -0.15) is 0 Å². The molecule has 3 aliphatic rings. The molecule has 6 heteroatoms. The first-order chi connectivity index (χ1) is 13.5. The van der Waals surface area contributed by atoms with E-state index in [1.54, 1.807) is 0 Å².